The van der Waals surface area contributed by atoms with Crippen LogP contribution in [-0.4, -0.2) is 96.7 Å². The number of unbranched alkanes of at least 4 members (excludes halogenated alkanes) is 42. The Hall–Kier alpha value is -1.94. The summed E-state index contributed by atoms with van der Waals surface area (Å²) in [7, 11) is -9.92. The van der Waals surface area contributed by atoms with Crippen LogP contribution < -0.4 is 0 Å². The number of aliphatic hydroxyl groups is 1. The Morgan fingerprint density at radius 3 is 0.784 bits per heavy atom. The molecule has 0 heterocycles. The zero-order chi connectivity index (χ0) is 71.6. The highest BCUT2D eigenvalue weighted by Crippen LogP contribution is 2.45. The molecule has 0 saturated carbocycles. The van der Waals surface area contributed by atoms with Crippen molar-refractivity contribution in [2.45, 2.75) is 420 Å². The Kier molecular flexibility index (Phi) is 67.1. The van der Waals surface area contributed by atoms with Gasteiger partial charge in [-0.05, 0) is 43.4 Å². The maximum absolute atomic E-state index is 13.1. The molecule has 0 radical (unpaired) electrons. The maximum atomic E-state index is 13.1. The van der Waals surface area contributed by atoms with Gasteiger partial charge < -0.3 is 33.8 Å². The van der Waals surface area contributed by atoms with Crippen LogP contribution >= 0.6 is 15.6 Å². The molecule has 3 N–H and O–H groups in total. The minimum atomic E-state index is -4.96. The van der Waals surface area contributed by atoms with Gasteiger partial charge in [0.15, 0.2) is 12.2 Å². The molecular weight excluding hydrogens is 1270 g/mol. The summed E-state index contributed by atoms with van der Waals surface area (Å²) in [5, 5.41) is 10.6. The lowest BCUT2D eigenvalue weighted by Crippen LogP contribution is -2.30. The number of hydrogen-bond donors (Lipinski definition) is 3. The van der Waals surface area contributed by atoms with Gasteiger partial charge >= 0.3 is 39.5 Å². The highest BCUT2D eigenvalue weighted by Gasteiger charge is 2.30. The van der Waals surface area contributed by atoms with Gasteiger partial charge in [0.05, 0.1) is 26.4 Å². The molecule has 7 atom stereocenters. The lowest BCUT2D eigenvalue weighted by molar-refractivity contribution is -0.161. The molecule has 0 rings (SSSR count). The van der Waals surface area contributed by atoms with Crippen molar-refractivity contribution in [1.29, 1.82) is 0 Å². The van der Waals surface area contributed by atoms with Gasteiger partial charge in [-0.2, -0.15) is 0 Å². The van der Waals surface area contributed by atoms with Crippen molar-refractivity contribution in [2.75, 3.05) is 39.6 Å². The van der Waals surface area contributed by atoms with Gasteiger partial charge in [0.25, 0.3) is 0 Å². The van der Waals surface area contributed by atoms with Crippen molar-refractivity contribution < 1.29 is 80.2 Å². The van der Waals surface area contributed by atoms with E-state index in [9.17, 15) is 43.2 Å². The SMILES string of the molecule is CCCCCCCCCCCCCCCCCCCCCCCC(=O)O[C@H](COC(=O)CCCCCCCCCCCC(C)C)COP(=O)(O)OC[C@@H](O)COP(=O)(O)OC[C@@H](COC(=O)CCCCCCCCCCC(C)CC)OC(=O)CCCCCCCCCCC(C)CC. The summed E-state index contributed by atoms with van der Waals surface area (Å²) in [6.45, 7) is 11.9. The summed E-state index contributed by atoms with van der Waals surface area (Å²) < 4.78 is 68.6. The third-order valence-corrected chi connectivity index (χ3v) is 20.8. The molecule has 0 aromatic rings. The summed E-state index contributed by atoms with van der Waals surface area (Å²) in [6, 6.07) is 0. The van der Waals surface area contributed by atoms with E-state index in [1.54, 1.807) is 0 Å². The molecule has 0 aliphatic carbocycles. The van der Waals surface area contributed by atoms with E-state index in [0.29, 0.717) is 25.7 Å². The molecule has 0 fully saturated rings. The van der Waals surface area contributed by atoms with E-state index in [0.717, 1.165) is 108 Å². The molecule has 0 saturated heterocycles. The van der Waals surface area contributed by atoms with Crippen molar-refractivity contribution in [3.8, 4) is 0 Å². The van der Waals surface area contributed by atoms with E-state index in [2.05, 4.69) is 48.5 Å². The number of carbonyl (C=O) groups is 4. The van der Waals surface area contributed by atoms with Crippen LogP contribution in [0.3, 0.4) is 0 Å². The van der Waals surface area contributed by atoms with Gasteiger partial charge in [-0.1, -0.05) is 350 Å². The first-order chi connectivity index (χ1) is 46.8. The first kappa shape index (κ1) is 95.1. The number of aliphatic hydroxyl groups excluding tert-OH is 1. The molecule has 0 aliphatic rings. The monoisotopic (exact) mass is 1420 g/mol. The summed E-state index contributed by atoms with van der Waals surface area (Å²) in [5.41, 5.74) is 0. The number of ether oxygens (including phenoxy) is 4. The molecule has 576 valence electrons. The number of rotatable bonds is 76. The Labute approximate surface area is 594 Å². The van der Waals surface area contributed by atoms with Gasteiger partial charge in [0.2, 0.25) is 0 Å². The summed E-state index contributed by atoms with van der Waals surface area (Å²) in [4.78, 5) is 72.9. The van der Waals surface area contributed by atoms with Crippen LogP contribution in [0.25, 0.3) is 0 Å². The molecule has 0 spiro atoms. The summed E-state index contributed by atoms with van der Waals surface area (Å²) in [5.74, 6) is 0.172. The Morgan fingerprint density at radius 1 is 0.299 bits per heavy atom. The Morgan fingerprint density at radius 2 is 0.526 bits per heavy atom. The molecule has 0 aromatic carbocycles. The second-order valence-electron chi connectivity index (χ2n) is 29.1. The second kappa shape index (κ2) is 68.5. The first-order valence-corrected chi connectivity index (χ1v) is 43.4. The lowest BCUT2D eigenvalue weighted by Gasteiger charge is -2.21. The largest absolute Gasteiger partial charge is 0.472 e. The van der Waals surface area contributed by atoms with Gasteiger partial charge in [-0.25, -0.2) is 9.13 Å². The van der Waals surface area contributed by atoms with Crippen LogP contribution in [0.4, 0.5) is 0 Å². The highest BCUT2D eigenvalue weighted by atomic mass is 31.2. The fourth-order valence-electron chi connectivity index (χ4n) is 11.9. The zero-order valence-corrected chi connectivity index (χ0v) is 65.3. The molecule has 4 unspecified atom stereocenters. The molecule has 0 aliphatic heterocycles. The third-order valence-electron chi connectivity index (χ3n) is 18.9. The summed E-state index contributed by atoms with van der Waals surface area (Å²) in [6.07, 6.45) is 55.5. The quantitative estimate of drug-likeness (QED) is 0.0222. The molecule has 17 nitrogen and oxygen atoms in total. The minimum absolute atomic E-state index is 0.104. The predicted molar refractivity (Wildman–Crippen MR) is 395 cm³/mol. The predicted octanol–water partition coefficient (Wildman–Crippen LogP) is 23.0. The van der Waals surface area contributed by atoms with Crippen LogP contribution in [-0.2, 0) is 65.4 Å². The molecular formula is C78H152O17P2. The standard InChI is InChI=1S/C78H152O17P2/c1-8-11-12-13-14-15-16-17-18-19-20-21-22-23-24-25-26-29-40-47-54-61-77(82)94-73(65-88-75(80)59-52-45-38-30-27-28-35-42-49-56-69(4)5)67-92-96(84,85)90-63-72(79)64-91-97(86,87)93-68-74(95-78(83)62-55-48-41-34-32-37-44-51-58-71(7)10-3)66-89-76(81)60-53-46-39-33-31-36-43-50-57-70(6)9-2/h69-74,79H,8-68H2,1-7H3,(H,84,85)(H,86,87)/t70?,71?,72-,73-,74-/m1/s1. The number of hydrogen-bond acceptors (Lipinski definition) is 15. The topological polar surface area (TPSA) is 237 Å². The van der Waals surface area contributed by atoms with Crippen molar-refractivity contribution in [3.63, 3.8) is 0 Å². The van der Waals surface area contributed by atoms with Gasteiger partial charge in [0.1, 0.15) is 19.3 Å². The average Bonchev–Trinajstić information content (AvgIpc) is 2.11. The van der Waals surface area contributed by atoms with E-state index in [1.807, 2.05) is 0 Å². The molecule has 0 amide bonds. The van der Waals surface area contributed by atoms with Crippen LogP contribution in [0.2, 0.25) is 0 Å². The highest BCUT2D eigenvalue weighted by molar-refractivity contribution is 7.47. The molecule has 0 bridgehead atoms. The normalized spacial score (nSPS) is 14.6. The smallest absolute Gasteiger partial charge is 0.462 e. The Bertz CT molecular complexity index is 1890. The van der Waals surface area contributed by atoms with Crippen molar-refractivity contribution in [1.82, 2.24) is 0 Å². The summed E-state index contributed by atoms with van der Waals surface area (Å²) >= 11 is 0. The third kappa shape index (κ3) is 69.5. The zero-order valence-electron chi connectivity index (χ0n) is 63.5. The van der Waals surface area contributed by atoms with E-state index < -0.39 is 97.5 Å². The van der Waals surface area contributed by atoms with E-state index in [1.165, 1.54) is 212 Å². The van der Waals surface area contributed by atoms with Gasteiger partial charge in [0, 0.05) is 25.7 Å². The van der Waals surface area contributed by atoms with Gasteiger partial charge in [-0.3, -0.25) is 37.3 Å². The fourth-order valence-corrected chi connectivity index (χ4v) is 13.5. The second-order valence-corrected chi connectivity index (χ2v) is 32.0. The van der Waals surface area contributed by atoms with Crippen molar-refractivity contribution >= 4 is 39.5 Å². The van der Waals surface area contributed by atoms with Crippen LogP contribution in [0.1, 0.15) is 402 Å². The van der Waals surface area contributed by atoms with E-state index >= 15 is 0 Å². The Balaban J connectivity index is 5.22. The maximum Gasteiger partial charge on any atom is 0.472 e. The fraction of sp³-hybridized carbons (Fsp3) is 0.949. The van der Waals surface area contributed by atoms with Gasteiger partial charge in [-0.15, -0.1) is 0 Å². The molecule has 0 aromatic heterocycles. The molecule has 19 heteroatoms. The van der Waals surface area contributed by atoms with E-state index in [-0.39, 0.29) is 25.7 Å². The number of carbonyl (C=O) groups excluding carboxylic acids is 4. The number of phosphoric acid groups is 2. The minimum Gasteiger partial charge on any atom is -0.462 e. The van der Waals surface area contributed by atoms with Crippen LogP contribution in [0.15, 0.2) is 0 Å². The van der Waals surface area contributed by atoms with Crippen molar-refractivity contribution in [2.24, 2.45) is 17.8 Å². The first-order valence-electron chi connectivity index (χ1n) is 40.4. The van der Waals surface area contributed by atoms with E-state index in [4.69, 9.17) is 37.0 Å². The number of esters is 4. The lowest BCUT2D eigenvalue weighted by atomic mass is 9.99. The van der Waals surface area contributed by atoms with Crippen LogP contribution in [0, 0.1) is 17.8 Å². The van der Waals surface area contributed by atoms with Crippen molar-refractivity contribution in [3.05, 3.63) is 0 Å². The average molecular weight is 1420 g/mol. The number of phosphoric ester groups is 2. The molecule has 97 heavy (non-hydrogen) atoms. The van der Waals surface area contributed by atoms with Crippen LogP contribution in [0.5, 0.6) is 0 Å².